The Labute approximate surface area is 112 Å². The van der Waals surface area contributed by atoms with E-state index in [1.165, 1.54) is 16.6 Å². The predicted octanol–water partition coefficient (Wildman–Crippen LogP) is 1.99. The van der Waals surface area contributed by atoms with E-state index in [0.717, 1.165) is 36.3 Å². The van der Waals surface area contributed by atoms with E-state index < -0.39 is 5.97 Å². The fraction of sp³-hybridized carbons (Fsp3) is 0.400. The number of aryl methyl sites for hydroxylation is 2. The van der Waals surface area contributed by atoms with E-state index >= 15 is 0 Å². The molecule has 1 aliphatic rings. The van der Waals surface area contributed by atoms with Gasteiger partial charge in [0, 0.05) is 30.7 Å². The van der Waals surface area contributed by atoms with Crippen LogP contribution in [0.5, 0.6) is 0 Å². The van der Waals surface area contributed by atoms with E-state index in [0.29, 0.717) is 0 Å². The van der Waals surface area contributed by atoms with E-state index in [4.69, 9.17) is 0 Å². The molecule has 0 amide bonds. The van der Waals surface area contributed by atoms with E-state index in [2.05, 4.69) is 35.9 Å². The molecule has 2 aromatic rings. The van der Waals surface area contributed by atoms with Gasteiger partial charge >= 0.3 is 5.97 Å². The minimum absolute atomic E-state index is 0.102. The summed E-state index contributed by atoms with van der Waals surface area (Å²) in [5.74, 6) is -0.762. The summed E-state index contributed by atoms with van der Waals surface area (Å²) in [6, 6.07) is 4.21. The van der Waals surface area contributed by atoms with Gasteiger partial charge in [0.2, 0.25) is 0 Å². The molecule has 3 rings (SSSR count). The van der Waals surface area contributed by atoms with Crippen molar-refractivity contribution >= 4 is 16.9 Å². The molecule has 2 heterocycles. The van der Waals surface area contributed by atoms with Gasteiger partial charge in [0.1, 0.15) is 0 Å². The number of fused-ring (bicyclic) bond motifs is 3. The van der Waals surface area contributed by atoms with E-state index in [9.17, 15) is 9.90 Å². The first-order valence-electron chi connectivity index (χ1n) is 6.62. The maximum absolute atomic E-state index is 11.2. The maximum Gasteiger partial charge on any atom is 0.307 e. The van der Waals surface area contributed by atoms with Gasteiger partial charge in [0.05, 0.1) is 11.9 Å². The van der Waals surface area contributed by atoms with Crippen molar-refractivity contribution in [1.29, 1.82) is 0 Å². The SMILES string of the molecule is Cc1ccc(C)c2c1c(CC(=O)O)c1n2CCNC1. The molecular weight excluding hydrogens is 240 g/mol. The summed E-state index contributed by atoms with van der Waals surface area (Å²) in [4.78, 5) is 11.2. The smallest absolute Gasteiger partial charge is 0.307 e. The Bertz CT molecular complexity index is 671. The fourth-order valence-electron chi connectivity index (χ4n) is 3.16. The van der Waals surface area contributed by atoms with Crippen molar-refractivity contribution in [3.05, 3.63) is 34.5 Å². The Morgan fingerprint density at radius 3 is 2.84 bits per heavy atom. The molecule has 4 heteroatoms. The summed E-state index contributed by atoms with van der Waals surface area (Å²) in [7, 11) is 0. The Kier molecular flexibility index (Phi) is 2.82. The van der Waals surface area contributed by atoms with Crippen LogP contribution in [-0.2, 0) is 24.3 Å². The number of carbonyl (C=O) groups is 1. The van der Waals surface area contributed by atoms with Gasteiger partial charge in [0.15, 0.2) is 0 Å². The third kappa shape index (κ3) is 1.83. The molecular formula is C15H18N2O2. The summed E-state index contributed by atoms with van der Waals surface area (Å²) in [5, 5.41) is 13.7. The van der Waals surface area contributed by atoms with Crippen LogP contribution in [-0.4, -0.2) is 22.2 Å². The number of carboxylic acid groups (broad SMARTS) is 1. The van der Waals surface area contributed by atoms with Crippen molar-refractivity contribution in [3.8, 4) is 0 Å². The van der Waals surface area contributed by atoms with Crippen molar-refractivity contribution in [3.63, 3.8) is 0 Å². The number of aliphatic carboxylic acids is 1. The Balaban J connectivity index is 2.39. The number of aromatic nitrogens is 1. The monoisotopic (exact) mass is 258 g/mol. The minimum atomic E-state index is -0.762. The topological polar surface area (TPSA) is 54.3 Å². The zero-order valence-electron chi connectivity index (χ0n) is 11.3. The Morgan fingerprint density at radius 1 is 1.37 bits per heavy atom. The highest BCUT2D eigenvalue weighted by atomic mass is 16.4. The third-order valence-electron chi connectivity index (χ3n) is 3.97. The number of benzene rings is 1. The standard InChI is InChI=1S/C15H18N2O2/c1-9-3-4-10(2)15-14(9)11(7-13(18)19)12-8-16-5-6-17(12)15/h3-4,16H,5-8H2,1-2H3,(H,18,19). The van der Waals surface area contributed by atoms with Gasteiger partial charge in [0.25, 0.3) is 0 Å². The molecule has 1 aromatic carbocycles. The second-order valence-electron chi connectivity index (χ2n) is 5.25. The van der Waals surface area contributed by atoms with Crippen LogP contribution in [0.4, 0.5) is 0 Å². The van der Waals surface area contributed by atoms with Gasteiger partial charge in [-0.3, -0.25) is 4.79 Å². The third-order valence-corrected chi connectivity index (χ3v) is 3.97. The van der Waals surface area contributed by atoms with Crippen molar-refractivity contribution in [2.75, 3.05) is 6.54 Å². The molecule has 2 N–H and O–H groups in total. The van der Waals surface area contributed by atoms with Crippen LogP contribution >= 0.6 is 0 Å². The van der Waals surface area contributed by atoms with Crippen LogP contribution in [0, 0.1) is 13.8 Å². The van der Waals surface area contributed by atoms with E-state index in [-0.39, 0.29) is 6.42 Å². The van der Waals surface area contributed by atoms with Crippen molar-refractivity contribution < 1.29 is 9.90 Å². The van der Waals surface area contributed by atoms with Gasteiger partial charge < -0.3 is 15.0 Å². The van der Waals surface area contributed by atoms with E-state index in [1.54, 1.807) is 0 Å². The van der Waals surface area contributed by atoms with Crippen LogP contribution < -0.4 is 5.32 Å². The second kappa shape index (κ2) is 4.38. The summed E-state index contributed by atoms with van der Waals surface area (Å²) < 4.78 is 2.30. The molecule has 1 aromatic heterocycles. The fourth-order valence-corrected chi connectivity index (χ4v) is 3.16. The number of hydrogen-bond acceptors (Lipinski definition) is 2. The molecule has 0 unspecified atom stereocenters. The maximum atomic E-state index is 11.2. The van der Waals surface area contributed by atoms with Crippen molar-refractivity contribution in [1.82, 2.24) is 9.88 Å². The average Bonchev–Trinajstić information content (AvgIpc) is 2.70. The molecule has 19 heavy (non-hydrogen) atoms. The molecule has 4 nitrogen and oxygen atoms in total. The quantitative estimate of drug-likeness (QED) is 0.866. The molecule has 0 saturated heterocycles. The van der Waals surface area contributed by atoms with E-state index in [1.807, 2.05) is 0 Å². The molecule has 0 aliphatic carbocycles. The van der Waals surface area contributed by atoms with Gasteiger partial charge in [-0.1, -0.05) is 12.1 Å². The Morgan fingerprint density at radius 2 is 2.11 bits per heavy atom. The average molecular weight is 258 g/mol. The molecule has 0 atom stereocenters. The van der Waals surface area contributed by atoms with Gasteiger partial charge in [-0.05, 0) is 30.5 Å². The summed E-state index contributed by atoms with van der Waals surface area (Å²) in [5.41, 5.74) is 5.73. The van der Waals surface area contributed by atoms with Gasteiger partial charge in [-0.2, -0.15) is 0 Å². The summed E-state index contributed by atoms with van der Waals surface area (Å²) >= 11 is 0. The number of nitrogens with one attached hydrogen (secondary N) is 1. The molecule has 1 aliphatic heterocycles. The first-order valence-corrected chi connectivity index (χ1v) is 6.62. The molecule has 0 radical (unpaired) electrons. The number of rotatable bonds is 2. The lowest BCUT2D eigenvalue weighted by Gasteiger charge is -2.19. The van der Waals surface area contributed by atoms with Crippen molar-refractivity contribution in [2.24, 2.45) is 0 Å². The summed E-state index contributed by atoms with van der Waals surface area (Å²) in [6.07, 6.45) is 0.102. The lowest BCUT2D eigenvalue weighted by atomic mass is 10.0. The molecule has 0 bridgehead atoms. The molecule has 100 valence electrons. The minimum Gasteiger partial charge on any atom is -0.481 e. The lowest BCUT2D eigenvalue weighted by molar-refractivity contribution is -0.136. The highest BCUT2D eigenvalue weighted by Gasteiger charge is 2.23. The molecule has 0 spiro atoms. The number of hydrogen-bond donors (Lipinski definition) is 2. The first kappa shape index (κ1) is 12.2. The molecule has 0 saturated carbocycles. The summed E-state index contributed by atoms with van der Waals surface area (Å²) in [6.45, 7) is 6.77. The highest BCUT2D eigenvalue weighted by molar-refractivity contribution is 5.93. The first-order chi connectivity index (χ1) is 9.09. The zero-order valence-corrected chi connectivity index (χ0v) is 11.3. The second-order valence-corrected chi connectivity index (χ2v) is 5.25. The number of nitrogens with zero attached hydrogens (tertiary/aromatic N) is 1. The largest absolute Gasteiger partial charge is 0.481 e. The van der Waals surface area contributed by atoms with Crippen LogP contribution in [0.1, 0.15) is 22.4 Å². The zero-order chi connectivity index (χ0) is 13.6. The van der Waals surface area contributed by atoms with Crippen molar-refractivity contribution in [2.45, 2.75) is 33.4 Å². The van der Waals surface area contributed by atoms with Crippen LogP contribution in [0.15, 0.2) is 12.1 Å². The van der Waals surface area contributed by atoms with Crippen LogP contribution in [0.3, 0.4) is 0 Å². The highest BCUT2D eigenvalue weighted by Crippen LogP contribution is 2.32. The van der Waals surface area contributed by atoms with Crippen LogP contribution in [0.2, 0.25) is 0 Å². The predicted molar refractivity (Wildman–Crippen MR) is 74.5 cm³/mol. The lowest BCUT2D eigenvalue weighted by Crippen LogP contribution is -2.28. The van der Waals surface area contributed by atoms with Crippen LogP contribution in [0.25, 0.3) is 10.9 Å². The van der Waals surface area contributed by atoms with Gasteiger partial charge in [-0.15, -0.1) is 0 Å². The van der Waals surface area contributed by atoms with Gasteiger partial charge in [-0.25, -0.2) is 0 Å². The Hall–Kier alpha value is -1.81. The molecule has 0 fully saturated rings. The normalized spacial score (nSPS) is 14.6. The number of carboxylic acids is 1.